The van der Waals surface area contributed by atoms with Gasteiger partial charge in [-0.1, -0.05) is 30.3 Å². The lowest BCUT2D eigenvalue weighted by atomic mass is 9.84. The summed E-state index contributed by atoms with van der Waals surface area (Å²) in [6.07, 6.45) is 1.68. The number of carbonyl (C=O) groups excluding carboxylic acids is 4. The topological polar surface area (TPSA) is 98.8 Å². The number of nitrogens with zero attached hydrogens (tertiary/aromatic N) is 2. The number of likely N-dealkylation sites (tertiary alicyclic amines) is 1. The van der Waals surface area contributed by atoms with E-state index in [-0.39, 0.29) is 36.1 Å². The van der Waals surface area contributed by atoms with Gasteiger partial charge in [0.25, 0.3) is 5.91 Å². The average molecular weight is 384 g/mol. The van der Waals surface area contributed by atoms with Crippen LogP contribution >= 0.6 is 0 Å². The minimum absolute atomic E-state index is 0.0240. The molecule has 1 aromatic carbocycles. The van der Waals surface area contributed by atoms with E-state index in [1.54, 1.807) is 9.80 Å². The smallest absolute Gasteiger partial charge is 0.325 e. The van der Waals surface area contributed by atoms with Crippen LogP contribution in [0.3, 0.4) is 0 Å². The Morgan fingerprint density at radius 3 is 2.50 bits per heavy atom. The quantitative estimate of drug-likeness (QED) is 0.747. The zero-order chi connectivity index (χ0) is 19.7. The van der Waals surface area contributed by atoms with E-state index < -0.39 is 5.54 Å². The molecule has 0 saturated carbocycles. The zero-order valence-electron chi connectivity index (χ0n) is 15.6. The molecule has 5 amide bonds. The Labute approximate surface area is 163 Å². The van der Waals surface area contributed by atoms with Gasteiger partial charge < -0.3 is 15.1 Å². The average Bonchev–Trinajstić information content (AvgIpc) is 2.93. The fourth-order valence-corrected chi connectivity index (χ4v) is 4.43. The van der Waals surface area contributed by atoms with Crippen molar-refractivity contribution in [2.24, 2.45) is 5.92 Å². The molecule has 2 N–H and O–H groups in total. The second-order valence-electron chi connectivity index (χ2n) is 7.73. The normalized spacial score (nSPS) is 24.3. The van der Waals surface area contributed by atoms with Crippen LogP contribution in [0.2, 0.25) is 0 Å². The molecule has 3 saturated heterocycles. The van der Waals surface area contributed by atoms with Crippen LogP contribution in [0.1, 0.15) is 31.2 Å². The maximum absolute atomic E-state index is 12.8. The molecule has 3 fully saturated rings. The summed E-state index contributed by atoms with van der Waals surface area (Å²) in [4.78, 5) is 52.8. The molecule has 3 aliphatic rings. The second-order valence-corrected chi connectivity index (χ2v) is 7.73. The summed E-state index contributed by atoms with van der Waals surface area (Å²) in [6, 6.07) is 9.19. The van der Waals surface area contributed by atoms with Crippen LogP contribution in [0.5, 0.6) is 0 Å². The first-order chi connectivity index (χ1) is 13.5. The number of amides is 5. The first-order valence-electron chi connectivity index (χ1n) is 9.72. The van der Waals surface area contributed by atoms with Crippen molar-refractivity contribution >= 4 is 23.8 Å². The maximum Gasteiger partial charge on any atom is 0.325 e. The maximum atomic E-state index is 12.8. The van der Waals surface area contributed by atoms with E-state index in [0.29, 0.717) is 45.4 Å². The summed E-state index contributed by atoms with van der Waals surface area (Å²) in [7, 11) is 0. The van der Waals surface area contributed by atoms with Crippen molar-refractivity contribution in [1.82, 2.24) is 20.4 Å². The van der Waals surface area contributed by atoms with Crippen LogP contribution < -0.4 is 10.6 Å². The first kappa shape index (κ1) is 18.5. The molecule has 0 aliphatic carbocycles. The van der Waals surface area contributed by atoms with Gasteiger partial charge in [-0.25, -0.2) is 4.79 Å². The van der Waals surface area contributed by atoms with Crippen molar-refractivity contribution in [1.29, 1.82) is 0 Å². The molecule has 28 heavy (non-hydrogen) atoms. The van der Waals surface area contributed by atoms with E-state index in [0.717, 1.165) is 5.56 Å². The SMILES string of the molecule is O=C1CC(C(=O)N2CCC3(CC2)C(=O)NC(=O)N3Cc2ccccc2)CCN1. The van der Waals surface area contributed by atoms with Crippen molar-refractivity contribution in [2.45, 2.75) is 37.8 Å². The number of benzene rings is 1. The Morgan fingerprint density at radius 1 is 1.11 bits per heavy atom. The molecule has 148 valence electrons. The fraction of sp³-hybridized carbons (Fsp3) is 0.500. The Bertz CT molecular complexity index is 802. The van der Waals surface area contributed by atoms with E-state index in [4.69, 9.17) is 0 Å². The van der Waals surface area contributed by atoms with Gasteiger partial charge in [-0.15, -0.1) is 0 Å². The predicted molar refractivity (Wildman–Crippen MR) is 99.8 cm³/mol. The van der Waals surface area contributed by atoms with E-state index in [9.17, 15) is 19.2 Å². The summed E-state index contributed by atoms with van der Waals surface area (Å²) in [5.74, 6) is -0.684. The second kappa shape index (κ2) is 7.26. The lowest BCUT2D eigenvalue weighted by Crippen LogP contribution is -2.58. The number of piperidine rings is 2. The summed E-state index contributed by atoms with van der Waals surface area (Å²) >= 11 is 0. The van der Waals surface area contributed by atoms with Gasteiger partial charge in [0.2, 0.25) is 11.8 Å². The van der Waals surface area contributed by atoms with Crippen molar-refractivity contribution in [3.05, 3.63) is 35.9 Å². The Morgan fingerprint density at radius 2 is 1.82 bits per heavy atom. The van der Waals surface area contributed by atoms with E-state index >= 15 is 0 Å². The monoisotopic (exact) mass is 384 g/mol. The largest absolute Gasteiger partial charge is 0.356 e. The summed E-state index contributed by atoms with van der Waals surface area (Å²) in [5, 5.41) is 5.19. The number of hydrogen-bond acceptors (Lipinski definition) is 4. The predicted octanol–water partition coefficient (Wildman–Crippen LogP) is 0.626. The molecule has 0 bridgehead atoms. The number of urea groups is 1. The lowest BCUT2D eigenvalue weighted by Gasteiger charge is -2.43. The molecular weight excluding hydrogens is 360 g/mol. The van der Waals surface area contributed by atoms with Crippen LogP contribution in [-0.4, -0.2) is 58.7 Å². The van der Waals surface area contributed by atoms with Gasteiger partial charge in [-0.3, -0.25) is 19.7 Å². The van der Waals surface area contributed by atoms with Gasteiger partial charge >= 0.3 is 6.03 Å². The van der Waals surface area contributed by atoms with Crippen LogP contribution in [0.15, 0.2) is 30.3 Å². The molecule has 8 nitrogen and oxygen atoms in total. The molecule has 1 spiro atoms. The van der Waals surface area contributed by atoms with Crippen molar-refractivity contribution < 1.29 is 19.2 Å². The number of hydrogen-bond donors (Lipinski definition) is 2. The molecule has 1 aromatic rings. The number of imide groups is 1. The minimum Gasteiger partial charge on any atom is -0.356 e. The van der Waals surface area contributed by atoms with E-state index in [2.05, 4.69) is 10.6 Å². The molecule has 4 rings (SSSR count). The third-order valence-electron chi connectivity index (χ3n) is 6.09. The van der Waals surface area contributed by atoms with Crippen molar-refractivity contribution in [2.75, 3.05) is 19.6 Å². The molecule has 0 aromatic heterocycles. The molecule has 1 unspecified atom stereocenters. The third kappa shape index (κ3) is 3.23. The highest BCUT2D eigenvalue weighted by atomic mass is 16.2. The third-order valence-corrected chi connectivity index (χ3v) is 6.09. The Balaban J connectivity index is 1.46. The van der Waals surface area contributed by atoms with Gasteiger partial charge in [0.15, 0.2) is 0 Å². The van der Waals surface area contributed by atoms with Gasteiger partial charge in [-0.05, 0) is 24.8 Å². The summed E-state index contributed by atoms with van der Waals surface area (Å²) in [5.41, 5.74) is 0.0478. The lowest BCUT2D eigenvalue weighted by molar-refractivity contribution is -0.144. The van der Waals surface area contributed by atoms with E-state index in [1.807, 2.05) is 30.3 Å². The first-order valence-corrected chi connectivity index (χ1v) is 9.72. The zero-order valence-corrected chi connectivity index (χ0v) is 15.6. The highest BCUT2D eigenvalue weighted by molar-refractivity contribution is 6.07. The van der Waals surface area contributed by atoms with Crippen LogP contribution in [0, 0.1) is 5.92 Å². The highest BCUT2D eigenvalue weighted by Crippen LogP contribution is 2.35. The molecule has 0 radical (unpaired) electrons. The van der Waals surface area contributed by atoms with Crippen molar-refractivity contribution in [3.63, 3.8) is 0 Å². The number of nitrogens with one attached hydrogen (secondary N) is 2. The van der Waals surface area contributed by atoms with Crippen LogP contribution in [-0.2, 0) is 20.9 Å². The summed E-state index contributed by atoms with van der Waals surface area (Å²) in [6.45, 7) is 1.69. The highest BCUT2D eigenvalue weighted by Gasteiger charge is 2.54. The number of carbonyl (C=O) groups is 4. The standard InChI is InChI=1S/C20H24N4O4/c25-16-12-15(6-9-21-16)17(26)23-10-7-20(8-11-23)18(27)22-19(28)24(20)13-14-4-2-1-3-5-14/h1-5,15H,6-13H2,(H,21,25)(H,22,27,28). The number of rotatable bonds is 3. The van der Waals surface area contributed by atoms with Gasteiger partial charge in [-0.2, -0.15) is 0 Å². The molecule has 1 atom stereocenters. The van der Waals surface area contributed by atoms with Gasteiger partial charge in [0.05, 0.1) is 0 Å². The van der Waals surface area contributed by atoms with E-state index in [1.165, 1.54) is 0 Å². The van der Waals surface area contributed by atoms with Gasteiger partial charge in [0, 0.05) is 38.5 Å². The van der Waals surface area contributed by atoms with Gasteiger partial charge in [0.1, 0.15) is 5.54 Å². The molecule has 3 heterocycles. The molecule has 8 heteroatoms. The minimum atomic E-state index is -0.909. The molecule has 3 aliphatic heterocycles. The Hall–Kier alpha value is -2.90. The van der Waals surface area contributed by atoms with Crippen LogP contribution in [0.4, 0.5) is 4.79 Å². The summed E-state index contributed by atoms with van der Waals surface area (Å²) < 4.78 is 0. The van der Waals surface area contributed by atoms with Crippen LogP contribution in [0.25, 0.3) is 0 Å². The van der Waals surface area contributed by atoms with Crippen molar-refractivity contribution in [3.8, 4) is 0 Å². The fourth-order valence-electron chi connectivity index (χ4n) is 4.43. The Kier molecular flexibility index (Phi) is 4.78. The molecular formula is C20H24N4O4.